The van der Waals surface area contributed by atoms with Crippen molar-refractivity contribution in [3.63, 3.8) is 0 Å². The Morgan fingerprint density at radius 3 is 2.56 bits per heavy atom. The minimum atomic E-state index is 0.304. The van der Waals surface area contributed by atoms with Gasteiger partial charge in [-0.2, -0.15) is 0 Å². The maximum atomic E-state index is 4.32. The van der Waals surface area contributed by atoms with Gasteiger partial charge < -0.3 is 10.2 Å². The fourth-order valence-electron chi connectivity index (χ4n) is 1.72. The molecule has 0 radical (unpaired) electrons. The summed E-state index contributed by atoms with van der Waals surface area (Å²) in [4.78, 5) is 6.42. The van der Waals surface area contributed by atoms with Crippen molar-refractivity contribution in [2.75, 3.05) is 19.0 Å². The lowest BCUT2D eigenvalue weighted by Gasteiger charge is -2.14. The third-order valence-corrected chi connectivity index (χ3v) is 3.85. The van der Waals surface area contributed by atoms with E-state index in [1.807, 2.05) is 11.6 Å². The van der Waals surface area contributed by atoms with Crippen molar-refractivity contribution in [3.05, 3.63) is 46.4 Å². The second-order valence-electron chi connectivity index (χ2n) is 4.53. The zero-order valence-electron chi connectivity index (χ0n) is 11.1. The van der Waals surface area contributed by atoms with Crippen molar-refractivity contribution in [1.82, 2.24) is 10.3 Å². The molecule has 1 atom stereocenters. The lowest BCUT2D eigenvalue weighted by atomic mass is 10.2. The molecule has 18 heavy (non-hydrogen) atoms. The highest BCUT2D eigenvalue weighted by Gasteiger charge is 2.06. The van der Waals surface area contributed by atoms with Gasteiger partial charge in [-0.15, -0.1) is 11.3 Å². The van der Waals surface area contributed by atoms with Gasteiger partial charge in [-0.1, -0.05) is 12.1 Å². The molecule has 0 amide bonds. The lowest BCUT2D eigenvalue weighted by molar-refractivity contribution is 0.572. The molecule has 0 saturated heterocycles. The van der Waals surface area contributed by atoms with Gasteiger partial charge >= 0.3 is 0 Å². The van der Waals surface area contributed by atoms with E-state index in [2.05, 4.69) is 60.5 Å². The molecular weight excluding hydrogens is 242 g/mol. The molecule has 0 aliphatic rings. The first-order valence-corrected chi connectivity index (χ1v) is 6.94. The number of thiazole rings is 1. The molecule has 1 N–H and O–H groups in total. The molecule has 0 aliphatic heterocycles. The lowest BCUT2D eigenvalue weighted by Crippen LogP contribution is -2.18. The third-order valence-electron chi connectivity index (χ3n) is 2.89. The third kappa shape index (κ3) is 3.31. The Balaban J connectivity index is 1.90. The fraction of sp³-hybridized carbons (Fsp3) is 0.357. The van der Waals surface area contributed by atoms with Crippen LogP contribution in [0.3, 0.4) is 0 Å². The topological polar surface area (TPSA) is 28.2 Å². The normalized spacial score (nSPS) is 12.4. The highest BCUT2D eigenvalue weighted by atomic mass is 32.1. The number of nitrogens with one attached hydrogen (secondary N) is 1. The number of aromatic nitrogens is 1. The van der Waals surface area contributed by atoms with E-state index in [9.17, 15) is 0 Å². The van der Waals surface area contributed by atoms with Crippen LogP contribution in [0.25, 0.3) is 0 Å². The molecule has 0 spiro atoms. The molecule has 0 fully saturated rings. The molecule has 1 aromatic heterocycles. The van der Waals surface area contributed by atoms with Gasteiger partial charge in [0.25, 0.3) is 0 Å². The van der Waals surface area contributed by atoms with Gasteiger partial charge in [-0.3, -0.25) is 0 Å². The highest BCUT2D eigenvalue weighted by molar-refractivity contribution is 7.09. The summed E-state index contributed by atoms with van der Waals surface area (Å²) in [5.74, 6) is 0. The van der Waals surface area contributed by atoms with Crippen LogP contribution in [0.1, 0.15) is 23.5 Å². The van der Waals surface area contributed by atoms with Gasteiger partial charge in [0.05, 0.1) is 6.04 Å². The molecular formula is C14H19N3S. The molecule has 1 aromatic carbocycles. The van der Waals surface area contributed by atoms with Crippen LogP contribution < -0.4 is 10.2 Å². The SMILES string of the molecule is CC(NCc1ccc(N(C)C)cc1)c1nccs1. The predicted molar refractivity (Wildman–Crippen MR) is 78.1 cm³/mol. The van der Waals surface area contributed by atoms with Gasteiger partial charge in [0, 0.05) is 37.9 Å². The van der Waals surface area contributed by atoms with Gasteiger partial charge in [-0.05, 0) is 24.6 Å². The predicted octanol–water partition coefficient (Wildman–Crippen LogP) is 3.06. The Bertz CT molecular complexity index is 462. The first-order valence-electron chi connectivity index (χ1n) is 6.06. The maximum Gasteiger partial charge on any atom is 0.109 e. The monoisotopic (exact) mass is 261 g/mol. The van der Waals surface area contributed by atoms with E-state index in [0.717, 1.165) is 11.6 Å². The average molecular weight is 261 g/mol. The van der Waals surface area contributed by atoms with E-state index < -0.39 is 0 Å². The second-order valence-corrected chi connectivity index (χ2v) is 5.46. The molecule has 1 unspecified atom stereocenters. The Labute approximate surface area is 112 Å². The largest absolute Gasteiger partial charge is 0.378 e. The second kappa shape index (κ2) is 5.98. The van der Waals surface area contributed by atoms with Crippen LogP contribution in [0.15, 0.2) is 35.8 Å². The Hall–Kier alpha value is -1.39. The number of hydrogen-bond donors (Lipinski definition) is 1. The van der Waals surface area contributed by atoms with E-state index in [4.69, 9.17) is 0 Å². The summed E-state index contributed by atoms with van der Waals surface area (Å²) >= 11 is 1.69. The van der Waals surface area contributed by atoms with Crippen LogP contribution in [0.5, 0.6) is 0 Å². The molecule has 0 aliphatic carbocycles. The Kier molecular flexibility index (Phi) is 4.33. The van der Waals surface area contributed by atoms with Crippen LogP contribution in [0.4, 0.5) is 5.69 Å². The first-order chi connectivity index (χ1) is 8.66. The number of hydrogen-bond acceptors (Lipinski definition) is 4. The van der Waals surface area contributed by atoms with Gasteiger partial charge in [0.1, 0.15) is 5.01 Å². The number of rotatable bonds is 5. The minimum absolute atomic E-state index is 0.304. The molecule has 4 heteroatoms. The smallest absolute Gasteiger partial charge is 0.109 e. The summed E-state index contributed by atoms with van der Waals surface area (Å²) in [5, 5.41) is 6.64. The molecule has 2 rings (SSSR count). The van der Waals surface area contributed by atoms with Crippen molar-refractivity contribution in [2.24, 2.45) is 0 Å². The average Bonchev–Trinajstić information content (AvgIpc) is 2.90. The summed E-state index contributed by atoms with van der Waals surface area (Å²) in [6.45, 7) is 3.02. The molecule has 0 bridgehead atoms. The van der Waals surface area contributed by atoms with Crippen molar-refractivity contribution in [1.29, 1.82) is 0 Å². The molecule has 2 aromatic rings. The van der Waals surface area contributed by atoms with Crippen LogP contribution in [0, 0.1) is 0 Å². The van der Waals surface area contributed by atoms with Crippen LogP contribution in [-0.2, 0) is 6.54 Å². The van der Waals surface area contributed by atoms with E-state index in [0.29, 0.717) is 6.04 Å². The number of nitrogens with zero attached hydrogens (tertiary/aromatic N) is 2. The summed E-state index contributed by atoms with van der Waals surface area (Å²) in [6, 6.07) is 8.92. The van der Waals surface area contributed by atoms with Crippen LogP contribution in [0.2, 0.25) is 0 Å². The summed E-state index contributed by atoms with van der Waals surface area (Å²) in [7, 11) is 4.11. The molecule has 3 nitrogen and oxygen atoms in total. The van der Waals surface area contributed by atoms with E-state index in [1.165, 1.54) is 11.3 Å². The van der Waals surface area contributed by atoms with Gasteiger partial charge in [-0.25, -0.2) is 4.98 Å². The van der Waals surface area contributed by atoms with Crippen molar-refractivity contribution < 1.29 is 0 Å². The van der Waals surface area contributed by atoms with E-state index in [-0.39, 0.29) is 0 Å². The first kappa shape index (κ1) is 13.1. The Morgan fingerprint density at radius 1 is 1.28 bits per heavy atom. The standard InChI is InChI=1S/C14H19N3S/c1-11(14-15-8-9-18-14)16-10-12-4-6-13(7-5-12)17(2)3/h4-9,11,16H,10H2,1-3H3. The van der Waals surface area contributed by atoms with Crippen molar-refractivity contribution in [3.8, 4) is 0 Å². The van der Waals surface area contributed by atoms with E-state index in [1.54, 1.807) is 11.3 Å². The quantitative estimate of drug-likeness (QED) is 0.896. The highest BCUT2D eigenvalue weighted by Crippen LogP contribution is 2.16. The minimum Gasteiger partial charge on any atom is -0.378 e. The van der Waals surface area contributed by atoms with E-state index >= 15 is 0 Å². The zero-order chi connectivity index (χ0) is 13.0. The summed E-state index contributed by atoms with van der Waals surface area (Å²) < 4.78 is 0. The zero-order valence-corrected chi connectivity index (χ0v) is 11.9. The molecule has 0 saturated carbocycles. The Morgan fingerprint density at radius 2 is 2.00 bits per heavy atom. The molecule has 96 valence electrons. The maximum absolute atomic E-state index is 4.32. The van der Waals surface area contributed by atoms with Crippen LogP contribution >= 0.6 is 11.3 Å². The van der Waals surface area contributed by atoms with Crippen molar-refractivity contribution in [2.45, 2.75) is 19.5 Å². The number of benzene rings is 1. The number of anilines is 1. The fourth-order valence-corrected chi connectivity index (χ4v) is 2.39. The molecule has 1 heterocycles. The summed E-state index contributed by atoms with van der Waals surface area (Å²) in [5.41, 5.74) is 2.52. The van der Waals surface area contributed by atoms with Gasteiger partial charge in [0.2, 0.25) is 0 Å². The van der Waals surface area contributed by atoms with Crippen molar-refractivity contribution >= 4 is 17.0 Å². The van der Waals surface area contributed by atoms with Crippen LogP contribution in [-0.4, -0.2) is 19.1 Å². The summed E-state index contributed by atoms with van der Waals surface area (Å²) in [6.07, 6.45) is 1.85. The van der Waals surface area contributed by atoms with Gasteiger partial charge in [0.15, 0.2) is 0 Å².